The van der Waals surface area contributed by atoms with E-state index in [0.717, 1.165) is 44.5 Å². The van der Waals surface area contributed by atoms with E-state index in [1.807, 2.05) is 0 Å². The molecule has 4 rings (SSSR count). The number of carbonyl (C=O) groups excluding carboxylic acids is 1. The zero-order valence-electron chi connectivity index (χ0n) is 17.3. The van der Waals surface area contributed by atoms with Crippen molar-refractivity contribution in [2.45, 2.75) is 50.0 Å². The molecule has 4 atom stereocenters. The zero-order chi connectivity index (χ0) is 21.1. The van der Waals surface area contributed by atoms with E-state index in [2.05, 4.69) is 15.1 Å². The van der Waals surface area contributed by atoms with Gasteiger partial charge in [0.1, 0.15) is 18.0 Å². The SMILES string of the molecule is O=C(NC[C@H]1O[C@@H](CO)[C@@H](O)[C@H]1N1CCN(c2ccc(F)cc2)CC1)C1CCCC1. The van der Waals surface area contributed by atoms with Crippen molar-refractivity contribution < 1.29 is 24.1 Å². The summed E-state index contributed by atoms with van der Waals surface area (Å²) in [7, 11) is 0. The number of amides is 1. The lowest BCUT2D eigenvalue weighted by atomic mass is 10.0. The smallest absolute Gasteiger partial charge is 0.223 e. The van der Waals surface area contributed by atoms with Gasteiger partial charge >= 0.3 is 0 Å². The van der Waals surface area contributed by atoms with Gasteiger partial charge in [-0.3, -0.25) is 9.69 Å². The molecule has 166 valence electrons. The minimum atomic E-state index is -0.805. The van der Waals surface area contributed by atoms with Gasteiger partial charge in [0.15, 0.2) is 0 Å². The fourth-order valence-corrected chi connectivity index (χ4v) is 5.06. The molecule has 3 N–H and O–H groups in total. The first-order valence-corrected chi connectivity index (χ1v) is 11.0. The summed E-state index contributed by atoms with van der Waals surface area (Å²) in [5.74, 6) is -0.0956. The molecule has 0 radical (unpaired) electrons. The van der Waals surface area contributed by atoms with E-state index < -0.39 is 12.2 Å². The highest BCUT2D eigenvalue weighted by Crippen LogP contribution is 2.28. The maximum absolute atomic E-state index is 13.2. The number of nitrogens with one attached hydrogen (secondary N) is 1. The predicted octanol–water partition coefficient (Wildman–Crippen LogP) is 0.743. The normalized spacial score (nSPS) is 30.7. The van der Waals surface area contributed by atoms with Crippen molar-refractivity contribution in [1.82, 2.24) is 10.2 Å². The van der Waals surface area contributed by atoms with Gasteiger partial charge in [-0.25, -0.2) is 4.39 Å². The molecule has 2 heterocycles. The molecule has 1 aromatic rings. The molecule has 2 aliphatic heterocycles. The highest BCUT2D eigenvalue weighted by atomic mass is 19.1. The first kappa shape index (κ1) is 21.5. The van der Waals surface area contributed by atoms with Crippen LogP contribution >= 0.6 is 0 Å². The Morgan fingerprint density at radius 2 is 1.77 bits per heavy atom. The lowest BCUT2D eigenvalue weighted by molar-refractivity contribution is -0.125. The van der Waals surface area contributed by atoms with Crippen molar-refractivity contribution >= 4 is 11.6 Å². The summed E-state index contributed by atoms with van der Waals surface area (Å²) >= 11 is 0. The van der Waals surface area contributed by atoms with Gasteiger partial charge in [-0.15, -0.1) is 0 Å². The summed E-state index contributed by atoms with van der Waals surface area (Å²) in [6.45, 7) is 3.02. The number of aliphatic hydroxyl groups is 2. The number of rotatable bonds is 6. The van der Waals surface area contributed by atoms with Crippen LogP contribution in [0.5, 0.6) is 0 Å². The largest absolute Gasteiger partial charge is 0.394 e. The van der Waals surface area contributed by atoms with E-state index in [-0.39, 0.29) is 36.4 Å². The third-order valence-electron chi connectivity index (χ3n) is 6.77. The van der Waals surface area contributed by atoms with Gasteiger partial charge in [0.2, 0.25) is 5.91 Å². The minimum absolute atomic E-state index is 0.0675. The average molecular weight is 422 g/mol. The summed E-state index contributed by atoms with van der Waals surface area (Å²) in [5, 5.41) is 23.4. The zero-order valence-corrected chi connectivity index (χ0v) is 17.3. The topological polar surface area (TPSA) is 85.3 Å². The number of ether oxygens (including phenoxy) is 1. The fourth-order valence-electron chi connectivity index (χ4n) is 5.06. The Bertz CT molecular complexity index is 705. The predicted molar refractivity (Wildman–Crippen MR) is 111 cm³/mol. The number of hydrogen-bond donors (Lipinski definition) is 3. The van der Waals surface area contributed by atoms with Gasteiger partial charge in [-0.05, 0) is 37.1 Å². The highest BCUT2D eigenvalue weighted by Gasteiger charge is 2.47. The Labute approximate surface area is 176 Å². The standard InChI is InChI=1S/C22H32FN3O4/c23-16-5-7-17(8-6-16)25-9-11-26(12-10-25)20-18(30-19(14-27)21(20)28)13-24-22(29)15-3-1-2-4-15/h5-8,15,18-21,27-28H,1-4,9-14H2,(H,24,29)/t18-,19+,20+,21-/m1/s1. The monoisotopic (exact) mass is 421 g/mol. The number of aliphatic hydroxyl groups excluding tert-OH is 2. The number of nitrogens with zero attached hydrogens (tertiary/aromatic N) is 2. The van der Waals surface area contributed by atoms with E-state index in [4.69, 9.17) is 4.74 Å². The summed E-state index contributed by atoms with van der Waals surface area (Å²) < 4.78 is 19.1. The van der Waals surface area contributed by atoms with Gasteiger partial charge in [-0.2, -0.15) is 0 Å². The van der Waals surface area contributed by atoms with E-state index in [9.17, 15) is 19.4 Å². The maximum Gasteiger partial charge on any atom is 0.223 e. The van der Waals surface area contributed by atoms with Crippen LogP contribution in [0, 0.1) is 11.7 Å². The Kier molecular flexibility index (Phi) is 6.87. The van der Waals surface area contributed by atoms with Crippen LogP contribution < -0.4 is 10.2 Å². The third-order valence-corrected chi connectivity index (χ3v) is 6.77. The Balaban J connectivity index is 1.36. The summed E-state index contributed by atoms with van der Waals surface area (Å²) in [5.41, 5.74) is 0.980. The summed E-state index contributed by atoms with van der Waals surface area (Å²) in [6.07, 6.45) is 2.27. The molecular weight excluding hydrogens is 389 g/mol. The molecule has 0 unspecified atom stereocenters. The van der Waals surface area contributed by atoms with Gasteiger partial charge in [-0.1, -0.05) is 12.8 Å². The lowest BCUT2D eigenvalue weighted by Gasteiger charge is -2.41. The van der Waals surface area contributed by atoms with Crippen LogP contribution in [0.3, 0.4) is 0 Å². The number of carbonyl (C=O) groups is 1. The first-order valence-electron chi connectivity index (χ1n) is 11.0. The first-order chi connectivity index (χ1) is 14.6. The molecule has 8 heteroatoms. The van der Waals surface area contributed by atoms with E-state index in [0.29, 0.717) is 19.6 Å². The molecule has 7 nitrogen and oxygen atoms in total. The van der Waals surface area contributed by atoms with Crippen LogP contribution in [0.4, 0.5) is 10.1 Å². The maximum atomic E-state index is 13.2. The van der Waals surface area contributed by atoms with Crippen molar-refractivity contribution in [2.24, 2.45) is 5.92 Å². The van der Waals surface area contributed by atoms with Crippen molar-refractivity contribution in [3.05, 3.63) is 30.1 Å². The van der Waals surface area contributed by atoms with Crippen LogP contribution in [-0.2, 0) is 9.53 Å². The van der Waals surface area contributed by atoms with Crippen LogP contribution in [0.2, 0.25) is 0 Å². The molecule has 1 aromatic carbocycles. The van der Waals surface area contributed by atoms with E-state index >= 15 is 0 Å². The van der Waals surface area contributed by atoms with Crippen LogP contribution in [0.25, 0.3) is 0 Å². The second kappa shape index (κ2) is 9.60. The summed E-state index contributed by atoms with van der Waals surface area (Å²) in [6, 6.07) is 6.21. The van der Waals surface area contributed by atoms with Crippen molar-refractivity contribution in [3.8, 4) is 0 Å². The minimum Gasteiger partial charge on any atom is -0.394 e. The Morgan fingerprint density at radius 3 is 2.40 bits per heavy atom. The van der Waals surface area contributed by atoms with Gasteiger partial charge in [0, 0.05) is 44.3 Å². The van der Waals surface area contributed by atoms with E-state index in [1.165, 1.54) is 12.1 Å². The van der Waals surface area contributed by atoms with Crippen molar-refractivity contribution in [3.63, 3.8) is 0 Å². The number of benzene rings is 1. The lowest BCUT2D eigenvalue weighted by Crippen LogP contribution is -2.57. The van der Waals surface area contributed by atoms with Crippen LogP contribution in [0.1, 0.15) is 25.7 Å². The Hall–Kier alpha value is -1.74. The number of hydrogen-bond acceptors (Lipinski definition) is 6. The fraction of sp³-hybridized carbons (Fsp3) is 0.682. The van der Waals surface area contributed by atoms with Gasteiger partial charge in [0.25, 0.3) is 0 Å². The van der Waals surface area contributed by atoms with Gasteiger partial charge < -0.3 is 25.2 Å². The van der Waals surface area contributed by atoms with Gasteiger partial charge in [0.05, 0.1) is 18.8 Å². The molecule has 3 fully saturated rings. The van der Waals surface area contributed by atoms with Crippen molar-refractivity contribution in [1.29, 1.82) is 0 Å². The molecule has 1 aliphatic carbocycles. The summed E-state index contributed by atoms with van der Waals surface area (Å²) in [4.78, 5) is 16.8. The number of halogens is 1. The third kappa shape index (κ3) is 4.61. The molecule has 0 aromatic heterocycles. The second-order valence-electron chi connectivity index (χ2n) is 8.60. The van der Waals surface area contributed by atoms with Crippen molar-refractivity contribution in [2.75, 3.05) is 44.2 Å². The molecule has 0 bridgehead atoms. The molecule has 3 aliphatic rings. The molecule has 2 saturated heterocycles. The molecular formula is C22H32FN3O4. The molecule has 1 saturated carbocycles. The highest BCUT2D eigenvalue weighted by molar-refractivity contribution is 5.78. The second-order valence-corrected chi connectivity index (χ2v) is 8.60. The van der Waals surface area contributed by atoms with Crippen LogP contribution in [-0.4, -0.2) is 84.7 Å². The van der Waals surface area contributed by atoms with Crippen LogP contribution in [0.15, 0.2) is 24.3 Å². The molecule has 1 amide bonds. The molecule has 0 spiro atoms. The number of anilines is 1. The quantitative estimate of drug-likeness (QED) is 0.629. The average Bonchev–Trinajstić information content (AvgIpc) is 3.41. The van der Waals surface area contributed by atoms with E-state index in [1.54, 1.807) is 12.1 Å². The Morgan fingerprint density at radius 1 is 1.10 bits per heavy atom. The molecule has 30 heavy (non-hydrogen) atoms. The number of piperazine rings is 1.